The number of pyridine rings is 1. The van der Waals surface area contributed by atoms with Gasteiger partial charge in [-0.2, -0.15) is 0 Å². The first-order valence-corrected chi connectivity index (χ1v) is 6.30. The van der Waals surface area contributed by atoms with Crippen molar-refractivity contribution < 1.29 is 14.7 Å². The van der Waals surface area contributed by atoms with E-state index in [2.05, 4.69) is 10.3 Å². The first kappa shape index (κ1) is 14.5. The monoisotopic (exact) mass is 282 g/mol. The lowest BCUT2D eigenvalue weighted by atomic mass is 10.1. The number of carbonyl (C=O) groups is 2. The minimum absolute atomic E-state index is 0.288. The lowest BCUT2D eigenvalue weighted by Gasteiger charge is -2.07. The zero-order valence-electron chi connectivity index (χ0n) is 11.4. The Bertz CT molecular complexity index is 694. The third-order valence-corrected chi connectivity index (χ3v) is 2.83. The minimum atomic E-state index is -0.998. The Morgan fingerprint density at radius 2 is 2.05 bits per heavy atom. The minimum Gasteiger partial charge on any atom is -0.478 e. The van der Waals surface area contributed by atoms with Gasteiger partial charge in [0.1, 0.15) is 5.69 Å². The van der Waals surface area contributed by atoms with Crippen LogP contribution in [0, 0.1) is 6.92 Å². The van der Waals surface area contributed by atoms with E-state index in [-0.39, 0.29) is 5.91 Å². The van der Waals surface area contributed by atoms with Crippen LogP contribution in [0.15, 0.2) is 48.7 Å². The summed E-state index contributed by atoms with van der Waals surface area (Å²) in [6.45, 7) is 1.85. The molecule has 1 aromatic heterocycles. The summed E-state index contributed by atoms with van der Waals surface area (Å²) in [6, 6.07) is 10.4. The van der Waals surface area contributed by atoms with E-state index in [9.17, 15) is 9.59 Å². The number of hydrogen-bond donors (Lipinski definition) is 2. The molecule has 1 aromatic carbocycles. The Labute approximate surface area is 122 Å². The van der Waals surface area contributed by atoms with Crippen LogP contribution in [0.4, 0.5) is 5.69 Å². The lowest BCUT2D eigenvalue weighted by molar-refractivity contribution is -0.131. The highest BCUT2D eigenvalue weighted by molar-refractivity contribution is 6.02. The van der Waals surface area contributed by atoms with Crippen molar-refractivity contribution in [1.82, 2.24) is 4.98 Å². The summed E-state index contributed by atoms with van der Waals surface area (Å²) in [5, 5.41) is 11.4. The van der Waals surface area contributed by atoms with Crippen molar-refractivity contribution in [3.8, 4) is 0 Å². The fourth-order valence-electron chi connectivity index (χ4n) is 1.79. The molecule has 106 valence electrons. The van der Waals surface area contributed by atoms with Gasteiger partial charge in [-0.05, 0) is 48.4 Å². The van der Waals surface area contributed by atoms with Crippen LogP contribution in [0.5, 0.6) is 0 Å². The third-order valence-electron chi connectivity index (χ3n) is 2.83. The number of carboxylic acids is 1. The lowest BCUT2D eigenvalue weighted by Crippen LogP contribution is -2.13. The summed E-state index contributed by atoms with van der Waals surface area (Å²) in [5.74, 6) is -1.29. The number of aliphatic carboxylic acids is 1. The number of aryl methyl sites for hydroxylation is 1. The molecule has 0 fully saturated rings. The van der Waals surface area contributed by atoms with Crippen molar-refractivity contribution in [3.05, 3.63) is 65.5 Å². The highest BCUT2D eigenvalue weighted by Gasteiger charge is 2.07. The molecule has 21 heavy (non-hydrogen) atoms. The Balaban J connectivity index is 2.14. The number of amides is 1. The van der Waals surface area contributed by atoms with Gasteiger partial charge in [-0.15, -0.1) is 0 Å². The van der Waals surface area contributed by atoms with E-state index in [0.717, 1.165) is 17.2 Å². The molecule has 0 bridgehead atoms. The Morgan fingerprint density at radius 3 is 2.67 bits per heavy atom. The van der Waals surface area contributed by atoms with E-state index in [1.54, 1.807) is 42.6 Å². The second-order valence-electron chi connectivity index (χ2n) is 4.41. The normalized spacial score (nSPS) is 10.5. The summed E-state index contributed by atoms with van der Waals surface area (Å²) >= 11 is 0. The summed E-state index contributed by atoms with van der Waals surface area (Å²) in [5.41, 5.74) is 2.63. The van der Waals surface area contributed by atoms with Crippen LogP contribution in [0.25, 0.3) is 6.08 Å². The SMILES string of the molecule is Cc1cc(NC(=O)c2ccccn2)ccc1C=CC(=O)O. The average Bonchev–Trinajstić information content (AvgIpc) is 2.47. The largest absolute Gasteiger partial charge is 0.478 e. The van der Waals surface area contributed by atoms with E-state index in [1.165, 1.54) is 6.08 Å². The van der Waals surface area contributed by atoms with Crippen molar-refractivity contribution >= 4 is 23.6 Å². The standard InChI is InChI=1S/C16H14N2O3/c1-11-10-13(7-5-12(11)6-8-15(19)20)18-16(21)14-4-2-3-9-17-14/h2-10H,1H3,(H,18,21)(H,19,20). The van der Waals surface area contributed by atoms with Crippen molar-refractivity contribution in [2.24, 2.45) is 0 Å². The number of carbonyl (C=O) groups excluding carboxylic acids is 1. The fourth-order valence-corrected chi connectivity index (χ4v) is 1.79. The van der Waals surface area contributed by atoms with E-state index < -0.39 is 5.97 Å². The molecule has 0 saturated heterocycles. The van der Waals surface area contributed by atoms with E-state index >= 15 is 0 Å². The predicted molar refractivity (Wildman–Crippen MR) is 80.0 cm³/mol. The molecule has 0 aliphatic heterocycles. The van der Waals surface area contributed by atoms with Crippen LogP contribution >= 0.6 is 0 Å². The summed E-state index contributed by atoms with van der Waals surface area (Å²) in [4.78, 5) is 26.4. The highest BCUT2D eigenvalue weighted by atomic mass is 16.4. The predicted octanol–water partition coefficient (Wildman–Crippen LogP) is 2.74. The zero-order chi connectivity index (χ0) is 15.2. The van der Waals surface area contributed by atoms with Gasteiger partial charge in [0.25, 0.3) is 5.91 Å². The second-order valence-corrected chi connectivity index (χ2v) is 4.41. The van der Waals surface area contributed by atoms with Gasteiger partial charge in [0, 0.05) is 18.0 Å². The molecular formula is C16H14N2O3. The van der Waals surface area contributed by atoms with Gasteiger partial charge in [-0.25, -0.2) is 4.79 Å². The molecule has 5 heteroatoms. The second kappa shape index (κ2) is 6.47. The topological polar surface area (TPSA) is 79.3 Å². The molecule has 0 radical (unpaired) electrons. The molecule has 0 aliphatic carbocycles. The summed E-state index contributed by atoms with van der Waals surface area (Å²) in [6.07, 6.45) is 4.15. The van der Waals surface area contributed by atoms with Crippen LogP contribution in [-0.2, 0) is 4.79 Å². The Morgan fingerprint density at radius 1 is 1.24 bits per heavy atom. The Hall–Kier alpha value is -2.95. The zero-order valence-corrected chi connectivity index (χ0v) is 11.4. The van der Waals surface area contributed by atoms with E-state index in [1.807, 2.05) is 6.92 Å². The first-order valence-electron chi connectivity index (χ1n) is 6.30. The smallest absolute Gasteiger partial charge is 0.328 e. The number of carboxylic acid groups (broad SMARTS) is 1. The number of nitrogens with zero attached hydrogens (tertiary/aromatic N) is 1. The van der Waals surface area contributed by atoms with Crippen LogP contribution < -0.4 is 5.32 Å². The molecule has 1 heterocycles. The maximum Gasteiger partial charge on any atom is 0.328 e. The molecule has 2 aromatic rings. The molecule has 0 aliphatic rings. The molecule has 0 spiro atoms. The number of rotatable bonds is 4. The first-order chi connectivity index (χ1) is 10.1. The molecule has 0 saturated carbocycles. The quantitative estimate of drug-likeness (QED) is 0.845. The summed E-state index contributed by atoms with van der Waals surface area (Å²) < 4.78 is 0. The van der Waals surface area contributed by atoms with Crippen LogP contribution in [-0.4, -0.2) is 22.0 Å². The van der Waals surface area contributed by atoms with Crippen LogP contribution in [0.3, 0.4) is 0 Å². The van der Waals surface area contributed by atoms with Gasteiger partial charge in [0.15, 0.2) is 0 Å². The number of aromatic nitrogens is 1. The van der Waals surface area contributed by atoms with Gasteiger partial charge in [0.05, 0.1) is 0 Å². The van der Waals surface area contributed by atoms with E-state index in [4.69, 9.17) is 5.11 Å². The fraction of sp³-hybridized carbons (Fsp3) is 0.0625. The van der Waals surface area contributed by atoms with Gasteiger partial charge in [0.2, 0.25) is 0 Å². The number of benzene rings is 1. The molecule has 5 nitrogen and oxygen atoms in total. The summed E-state index contributed by atoms with van der Waals surface area (Å²) in [7, 11) is 0. The number of hydrogen-bond acceptors (Lipinski definition) is 3. The molecule has 1 amide bonds. The maximum absolute atomic E-state index is 12.0. The van der Waals surface area contributed by atoms with Gasteiger partial charge < -0.3 is 10.4 Å². The molecule has 2 rings (SSSR count). The van der Waals surface area contributed by atoms with Crippen LogP contribution in [0.2, 0.25) is 0 Å². The number of nitrogens with one attached hydrogen (secondary N) is 1. The van der Waals surface area contributed by atoms with Crippen molar-refractivity contribution in [3.63, 3.8) is 0 Å². The van der Waals surface area contributed by atoms with Crippen molar-refractivity contribution in [2.75, 3.05) is 5.32 Å². The Kier molecular flexibility index (Phi) is 4.46. The highest BCUT2D eigenvalue weighted by Crippen LogP contribution is 2.17. The maximum atomic E-state index is 12.0. The van der Waals surface area contributed by atoms with E-state index in [0.29, 0.717) is 11.4 Å². The third kappa shape index (κ3) is 4.01. The van der Waals surface area contributed by atoms with Gasteiger partial charge in [-0.1, -0.05) is 12.1 Å². The van der Waals surface area contributed by atoms with Crippen LogP contribution in [0.1, 0.15) is 21.6 Å². The molecule has 0 atom stereocenters. The molecular weight excluding hydrogens is 268 g/mol. The molecule has 2 N–H and O–H groups in total. The van der Waals surface area contributed by atoms with Gasteiger partial charge >= 0.3 is 5.97 Å². The average molecular weight is 282 g/mol. The number of anilines is 1. The molecule has 0 unspecified atom stereocenters. The van der Waals surface area contributed by atoms with Gasteiger partial charge in [-0.3, -0.25) is 9.78 Å². The van der Waals surface area contributed by atoms with Crippen molar-refractivity contribution in [2.45, 2.75) is 6.92 Å². The van der Waals surface area contributed by atoms with Crippen molar-refractivity contribution in [1.29, 1.82) is 0 Å².